The van der Waals surface area contributed by atoms with Crippen molar-refractivity contribution < 1.29 is 9.53 Å². The molecule has 1 saturated heterocycles. The van der Waals surface area contributed by atoms with E-state index in [1.165, 1.54) is 12.8 Å². The number of ether oxygens (including phenoxy) is 1. The number of rotatable bonds is 3. The number of amides is 1. The minimum Gasteiger partial charge on any atom is -0.443 e. The number of hydrogen-bond donors (Lipinski definition) is 1. The summed E-state index contributed by atoms with van der Waals surface area (Å²) in [5, 5.41) is 3.63. The lowest BCUT2D eigenvalue weighted by molar-refractivity contribution is 0.0510. The zero-order chi connectivity index (χ0) is 11.9. The fourth-order valence-electron chi connectivity index (χ4n) is 2.37. The van der Waals surface area contributed by atoms with Crippen LogP contribution in [0, 0.1) is 0 Å². The maximum absolute atomic E-state index is 11.9. The molecule has 3 fully saturated rings. The Morgan fingerprint density at radius 2 is 1.76 bits per heavy atom. The fraction of sp³-hybridized carbons (Fsp3) is 0.923. The summed E-state index contributed by atoms with van der Waals surface area (Å²) in [5.41, 5.74) is -0.139. The largest absolute Gasteiger partial charge is 0.443 e. The highest BCUT2D eigenvalue weighted by atomic mass is 16.6. The Hall–Kier alpha value is -0.770. The number of hydrogen-bond acceptors (Lipinski definition) is 3. The summed E-state index contributed by atoms with van der Waals surface area (Å²) in [4.78, 5) is 13.7. The van der Waals surface area contributed by atoms with E-state index in [-0.39, 0.29) is 11.7 Å². The Morgan fingerprint density at radius 3 is 2.29 bits per heavy atom. The van der Waals surface area contributed by atoms with Gasteiger partial charge in [0.15, 0.2) is 0 Å². The topological polar surface area (TPSA) is 41.6 Å². The predicted molar refractivity (Wildman–Crippen MR) is 64.9 cm³/mol. The first-order valence-electron chi connectivity index (χ1n) is 6.89. The molecule has 0 aromatic carbocycles. The highest BCUT2D eigenvalue weighted by Crippen LogP contribution is 2.39. The average molecular weight is 238 g/mol. The van der Waals surface area contributed by atoms with Crippen LogP contribution >= 0.6 is 0 Å². The van der Waals surface area contributed by atoms with Crippen molar-refractivity contribution in [2.24, 2.45) is 0 Å². The third-order valence-corrected chi connectivity index (χ3v) is 4.09. The molecule has 2 aliphatic carbocycles. The Balaban J connectivity index is 1.42. The predicted octanol–water partition coefficient (Wildman–Crippen LogP) is 1.89. The van der Waals surface area contributed by atoms with Gasteiger partial charge in [-0.25, -0.2) is 4.79 Å². The van der Waals surface area contributed by atoms with Gasteiger partial charge in [0.05, 0.1) is 0 Å². The summed E-state index contributed by atoms with van der Waals surface area (Å²) in [5.74, 6) is 0. The lowest BCUT2D eigenvalue weighted by Gasteiger charge is -2.32. The molecule has 0 aromatic rings. The zero-order valence-electron chi connectivity index (χ0n) is 10.6. The molecule has 0 aromatic heterocycles. The summed E-state index contributed by atoms with van der Waals surface area (Å²) < 4.78 is 5.48. The highest BCUT2D eigenvalue weighted by molar-refractivity contribution is 5.68. The van der Waals surface area contributed by atoms with Crippen LogP contribution in [-0.4, -0.2) is 41.8 Å². The van der Waals surface area contributed by atoms with Crippen molar-refractivity contribution in [3.8, 4) is 0 Å². The molecular formula is C13H22N2O2. The van der Waals surface area contributed by atoms with Crippen LogP contribution in [0.25, 0.3) is 0 Å². The number of nitrogens with one attached hydrogen (secondary N) is 1. The van der Waals surface area contributed by atoms with E-state index in [1.807, 2.05) is 11.8 Å². The fourth-order valence-corrected chi connectivity index (χ4v) is 2.37. The van der Waals surface area contributed by atoms with E-state index < -0.39 is 0 Å². The molecule has 4 heteroatoms. The Morgan fingerprint density at radius 1 is 1.18 bits per heavy atom. The van der Waals surface area contributed by atoms with Crippen LogP contribution in [-0.2, 0) is 4.74 Å². The smallest absolute Gasteiger partial charge is 0.410 e. The van der Waals surface area contributed by atoms with Crippen molar-refractivity contribution in [2.75, 3.05) is 13.1 Å². The van der Waals surface area contributed by atoms with Gasteiger partial charge in [-0.1, -0.05) is 0 Å². The molecule has 3 aliphatic rings. The van der Waals surface area contributed by atoms with Crippen molar-refractivity contribution in [1.29, 1.82) is 0 Å². The van der Waals surface area contributed by atoms with Crippen molar-refractivity contribution >= 4 is 6.09 Å². The van der Waals surface area contributed by atoms with Crippen molar-refractivity contribution in [2.45, 2.75) is 63.1 Å². The maximum Gasteiger partial charge on any atom is 0.410 e. The molecule has 3 rings (SSSR count). The van der Waals surface area contributed by atoms with Gasteiger partial charge in [-0.3, -0.25) is 0 Å². The first-order chi connectivity index (χ1) is 8.15. The van der Waals surface area contributed by atoms with Gasteiger partial charge < -0.3 is 15.0 Å². The third kappa shape index (κ3) is 2.92. The van der Waals surface area contributed by atoms with Gasteiger partial charge in [-0.05, 0) is 45.4 Å². The van der Waals surface area contributed by atoms with Crippen LogP contribution in [0.1, 0.15) is 45.4 Å². The van der Waals surface area contributed by atoms with Gasteiger partial charge in [0.2, 0.25) is 0 Å². The van der Waals surface area contributed by atoms with E-state index in [0.717, 1.165) is 44.8 Å². The minimum atomic E-state index is -0.139. The van der Waals surface area contributed by atoms with Crippen LogP contribution in [0.5, 0.6) is 0 Å². The van der Waals surface area contributed by atoms with Gasteiger partial charge in [0.25, 0.3) is 0 Å². The van der Waals surface area contributed by atoms with Gasteiger partial charge in [-0.15, -0.1) is 0 Å². The molecule has 0 spiro atoms. The number of piperidine rings is 1. The summed E-state index contributed by atoms with van der Waals surface area (Å²) in [6.45, 7) is 3.71. The van der Waals surface area contributed by atoms with Crippen LogP contribution < -0.4 is 5.32 Å². The lowest BCUT2D eigenvalue weighted by Crippen LogP contribution is -2.46. The molecule has 1 aliphatic heterocycles. The summed E-state index contributed by atoms with van der Waals surface area (Å²) in [6, 6.07) is 1.38. The van der Waals surface area contributed by atoms with Crippen LogP contribution in [0.15, 0.2) is 0 Å². The van der Waals surface area contributed by atoms with Gasteiger partial charge >= 0.3 is 6.09 Å². The summed E-state index contributed by atoms with van der Waals surface area (Å²) >= 11 is 0. The minimum absolute atomic E-state index is 0.102. The van der Waals surface area contributed by atoms with Crippen molar-refractivity contribution in [3.05, 3.63) is 0 Å². The molecular weight excluding hydrogens is 216 g/mol. The molecule has 96 valence electrons. The van der Waals surface area contributed by atoms with Gasteiger partial charge in [0.1, 0.15) is 5.60 Å². The molecule has 0 bridgehead atoms. The quantitative estimate of drug-likeness (QED) is 0.816. The number of carbonyl (C=O) groups is 1. The monoisotopic (exact) mass is 238 g/mol. The van der Waals surface area contributed by atoms with Crippen molar-refractivity contribution in [3.63, 3.8) is 0 Å². The Kier molecular flexibility index (Phi) is 2.77. The van der Waals surface area contributed by atoms with E-state index in [2.05, 4.69) is 5.32 Å². The Bertz CT molecular complexity index is 303. The zero-order valence-corrected chi connectivity index (χ0v) is 10.6. The second-order valence-corrected chi connectivity index (χ2v) is 6.02. The van der Waals surface area contributed by atoms with E-state index in [0.29, 0.717) is 6.04 Å². The van der Waals surface area contributed by atoms with Gasteiger partial charge in [-0.2, -0.15) is 0 Å². The molecule has 1 N–H and O–H groups in total. The summed E-state index contributed by atoms with van der Waals surface area (Å²) in [6.07, 6.45) is 6.76. The molecule has 0 atom stereocenters. The molecule has 1 heterocycles. The standard InChI is InChI=1S/C13H22N2O2/c1-13(6-7-13)17-12(16)15-8-4-11(5-9-15)14-10-2-3-10/h10-11,14H,2-9H2,1H3. The van der Waals surface area contributed by atoms with Crippen molar-refractivity contribution in [1.82, 2.24) is 10.2 Å². The first-order valence-corrected chi connectivity index (χ1v) is 6.89. The second-order valence-electron chi connectivity index (χ2n) is 6.02. The van der Waals surface area contributed by atoms with Crippen LogP contribution in [0.3, 0.4) is 0 Å². The number of likely N-dealkylation sites (tertiary alicyclic amines) is 1. The molecule has 17 heavy (non-hydrogen) atoms. The normalized spacial score (nSPS) is 27.9. The summed E-state index contributed by atoms with van der Waals surface area (Å²) in [7, 11) is 0. The Labute approximate surface area is 103 Å². The molecule has 1 amide bonds. The average Bonchev–Trinajstić information content (AvgIpc) is 3.20. The number of carbonyl (C=O) groups excluding carboxylic acids is 1. The second kappa shape index (κ2) is 4.16. The lowest BCUT2D eigenvalue weighted by atomic mass is 10.1. The molecule has 4 nitrogen and oxygen atoms in total. The molecule has 2 saturated carbocycles. The maximum atomic E-state index is 11.9. The number of nitrogens with zero attached hydrogens (tertiary/aromatic N) is 1. The molecule has 0 unspecified atom stereocenters. The van der Waals surface area contributed by atoms with Crippen LogP contribution in [0.4, 0.5) is 4.79 Å². The van der Waals surface area contributed by atoms with E-state index in [4.69, 9.17) is 4.74 Å². The first kappa shape index (κ1) is 11.3. The SMILES string of the molecule is CC1(OC(=O)N2CCC(NC3CC3)CC2)CC1. The van der Waals surface area contributed by atoms with E-state index in [9.17, 15) is 4.79 Å². The highest BCUT2D eigenvalue weighted by Gasteiger charge is 2.43. The molecule has 0 radical (unpaired) electrons. The van der Waals surface area contributed by atoms with Gasteiger partial charge in [0, 0.05) is 25.2 Å². The third-order valence-electron chi connectivity index (χ3n) is 4.09. The van der Waals surface area contributed by atoms with E-state index in [1.54, 1.807) is 0 Å². The van der Waals surface area contributed by atoms with Crippen LogP contribution in [0.2, 0.25) is 0 Å². The van der Waals surface area contributed by atoms with E-state index >= 15 is 0 Å².